The minimum atomic E-state index is 0.321. The van der Waals surface area contributed by atoms with Gasteiger partial charge in [0, 0.05) is 18.1 Å². The summed E-state index contributed by atoms with van der Waals surface area (Å²) in [6.07, 6.45) is 1.75. The molecule has 0 saturated heterocycles. The molecule has 4 heteroatoms. The molecule has 0 aliphatic carbocycles. The molecule has 0 aliphatic rings. The van der Waals surface area contributed by atoms with Gasteiger partial charge in [-0.1, -0.05) is 6.92 Å². The van der Waals surface area contributed by atoms with E-state index in [-0.39, 0.29) is 0 Å². The molecule has 0 amide bonds. The van der Waals surface area contributed by atoms with Gasteiger partial charge in [0.05, 0.1) is 0 Å². The highest BCUT2D eigenvalue weighted by Gasteiger charge is 2.10. The zero-order valence-electron chi connectivity index (χ0n) is 8.79. The van der Waals surface area contributed by atoms with Crippen molar-refractivity contribution < 1.29 is 0 Å². The maximum Gasteiger partial charge on any atom is 0.129 e. The molecule has 0 aliphatic heterocycles. The van der Waals surface area contributed by atoms with Crippen LogP contribution in [-0.2, 0) is 0 Å². The Morgan fingerprint density at radius 3 is 2.79 bits per heavy atom. The normalized spacial score (nSPS) is 14.9. The van der Waals surface area contributed by atoms with Crippen LogP contribution in [0.1, 0.15) is 19.7 Å². The molecule has 0 bridgehead atoms. The molecule has 1 aromatic heterocycles. The summed E-state index contributed by atoms with van der Waals surface area (Å²) in [4.78, 5) is 8.30. The SMILES string of the molecule is Cc1nccc(NC(C)C(C)CCl)n1. The summed E-state index contributed by atoms with van der Waals surface area (Å²) in [5, 5.41) is 3.30. The van der Waals surface area contributed by atoms with Crippen molar-refractivity contribution in [3.8, 4) is 0 Å². The number of hydrogen-bond donors (Lipinski definition) is 1. The Kier molecular flexibility index (Phi) is 4.14. The minimum absolute atomic E-state index is 0.321. The van der Waals surface area contributed by atoms with Gasteiger partial charge < -0.3 is 5.32 Å². The fourth-order valence-corrected chi connectivity index (χ4v) is 1.31. The number of hydrogen-bond acceptors (Lipinski definition) is 3. The third-order valence-electron chi connectivity index (χ3n) is 2.25. The maximum atomic E-state index is 5.77. The Hall–Kier alpha value is -0.830. The predicted octanol–water partition coefficient (Wildman–Crippen LogP) is 2.46. The van der Waals surface area contributed by atoms with E-state index in [4.69, 9.17) is 11.6 Å². The van der Waals surface area contributed by atoms with Crippen LogP contribution in [0.4, 0.5) is 5.82 Å². The van der Waals surface area contributed by atoms with E-state index in [0.717, 1.165) is 11.6 Å². The first kappa shape index (κ1) is 11.2. The standard InChI is InChI=1S/C10H16ClN3/c1-7(6-11)8(2)13-10-4-5-12-9(3)14-10/h4-5,7-8H,6H2,1-3H3,(H,12,13,14). The second-order valence-corrected chi connectivity index (χ2v) is 3.86. The van der Waals surface area contributed by atoms with Gasteiger partial charge in [0.2, 0.25) is 0 Å². The molecule has 1 rings (SSSR count). The first-order chi connectivity index (χ1) is 6.63. The summed E-state index contributed by atoms with van der Waals surface area (Å²) >= 11 is 5.77. The van der Waals surface area contributed by atoms with Gasteiger partial charge in [0.25, 0.3) is 0 Å². The summed E-state index contributed by atoms with van der Waals surface area (Å²) < 4.78 is 0. The molecule has 2 atom stereocenters. The van der Waals surface area contributed by atoms with Gasteiger partial charge in [0.15, 0.2) is 0 Å². The highest BCUT2D eigenvalue weighted by atomic mass is 35.5. The zero-order chi connectivity index (χ0) is 10.6. The number of aromatic nitrogens is 2. The Morgan fingerprint density at radius 2 is 2.21 bits per heavy atom. The number of alkyl halides is 1. The number of nitrogens with zero attached hydrogens (tertiary/aromatic N) is 2. The molecule has 1 heterocycles. The van der Waals surface area contributed by atoms with Crippen molar-refractivity contribution in [2.45, 2.75) is 26.8 Å². The Balaban J connectivity index is 2.60. The van der Waals surface area contributed by atoms with Crippen molar-refractivity contribution in [2.75, 3.05) is 11.2 Å². The monoisotopic (exact) mass is 213 g/mol. The summed E-state index contributed by atoms with van der Waals surface area (Å²) in [5.41, 5.74) is 0. The van der Waals surface area contributed by atoms with Gasteiger partial charge in [-0.2, -0.15) is 0 Å². The molecule has 0 radical (unpaired) electrons. The lowest BCUT2D eigenvalue weighted by Crippen LogP contribution is -2.25. The third-order valence-corrected chi connectivity index (χ3v) is 2.74. The first-order valence-electron chi connectivity index (χ1n) is 4.75. The first-order valence-corrected chi connectivity index (χ1v) is 5.29. The van der Waals surface area contributed by atoms with Crippen molar-refractivity contribution in [3.63, 3.8) is 0 Å². The molecule has 0 spiro atoms. The molecular weight excluding hydrogens is 198 g/mol. The Bertz CT molecular complexity index is 290. The van der Waals surface area contributed by atoms with Gasteiger partial charge in [-0.15, -0.1) is 11.6 Å². The van der Waals surface area contributed by atoms with Crippen LogP contribution in [0, 0.1) is 12.8 Å². The fourth-order valence-electron chi connectivity index (χ4n) is 1.05. The molecule has 1 aromatic rings. The highest BCUT2D eigenvalue weighted by molar-refractivity contribution is 6.18. The number of halogens is 1. The minimum Gasteiger partial charge on any atom is -0.367 e. The lowest BCUT2D eigenvalue weighted by Gasteiger charge is -2.19. The fraction of sp³-hybridized carbons (Fsp3) is 0.600. The zero-order valence-corrected chi connectivity index (χ0v) is 9.54. The van der Waals surface area contributed by atoms with E-state index >= 15 is 0 Å². The molecule has 3 nitrogen and oxygen atoms in total. The van der Waals surface area contributed by atoms with E-state index < -0.39 is 0 Å². The molecular formula is C10H16ClN3. The van der Waals surface area contributed by atoms with Crippen LogP contribution in [0.15, 0.2) is 12.3 Å². The summed E-state index contributed by atoms with van der Waals surface area (Å²) in [6, 6.07) is 2.19. The lowest BCUT2D eigenvalue weighted by atomic mass is 10.1. The molecule has 2 unspecified atom stereocenters. The topological polar surface area (TPSA) is 37.8 Å². The van der Waals surface area contributed by atoms with Crippen molar-refractivity contribution >= 4 is 17.4 Å². The van der Waals surface area contributed by atoms with Gasteiger partial charge in [-0.3, -0.25) is 0 Å². The Labute approximate surface area is 89.9 Å². The highest BCUT2D eigenvalue weighted by Crippen LogP contribution is 2.11. The second-order valence-electron chi connectivity index (χ2n) is 3.55. The quantitative estimate of drug-likeness (QED) is 0.781. The summed E-state index contributed by atoms with van der Waals surface area (Å²) in [6.45, 7) is 6.09. The van der Waals surface area contributed by atoms with Crippen molar-refractivity contribution in [1.29, 1.82) is 0 Å². The molecule has 14 heavy (non-hydrogen) atoms. The summed E-state index contributed by atoms with van der Waals surface area (Å²) in [5.74, 6) is 2.72. The smallest absolute Gasteiger partial charge is 0.129 e. The van der Waals surface area contributed by atoms with Crippen LogP contribution in [-0.4, -0.2) is 21.9 Å². The van der Waals surface area contributed by atoms with E-state index in [0.29, 0.717) is 17.8 Å². The van der Waals surface area contributed by atoms with Gasteiger partial charge >= 0.3 is 0 Å². The number of aryl methyl sites for hydroxylation is 1. The lowest BCUT2D eigenvalue weighted by molar-refractivity contribution is 0.564. The molecule has 78 valence electrons. The van der Waals surface area contributed by atoms with Crippen LogP contribution in [0.3, 0.4) is 0 Å². The van der Waals surface area contributed by atoms with E-state index in [1.165, 1.54) is 0 Å². The number of nitrogens with one attached hydrogen (secondary N) is 1. The molecule has 0 fully saturated rings. The van der Waals surface area contributed by atoms with Crippen LogP contribution < -0.4 is 5.32 Å². The van der Waals surface area contributed by atoms with E-state index in [1.807, 2.05) is 13.0 Å². The van der Waals surface area contributed by atoms with Crippen molar-refractivity contribution in [1.82, 2.24) is 9.97 Å². The van der Waals surface area contributed by atoms with Crippen LogP contribution in [0.5, 0.6) is 0 Å². The van der Waals surface area contributed by atoms with Crippen LogP contribution in [0.2, 0.25) is 0 Å². The van der Waals surface area contributed by atoms with E-state index in [9.17, 15) is 0 Å². The molecule has 0 saturated carbocycles. The molecule has 0 aromatic carbocycles. The summed E-state index contributed by atoms with van der Waals surface area (Å²) in [7, 11) is 0. The maximum absolute atomic E-state index is 5.77. The number of rotatable bonds is 4. The van der Waals surface area contributed by atoms with E-state index in [1.54, 1.807) is 6.20 Å². The molecule has 1 N–H and O–H groups in total. The Morgan fingerprint density at radius 1 is 1.50 bits per heavy atom. The second kappa shape index (κ2) is 5.15. The predicted molar refractivity (Wildman–Crippen MR) is 59.7 cm³/mol. The average molecular weight is 214 g/mol. The van der Waals surface area contributed by atoms with E-state index in [2.05, 4.69) is 29.1 Å². The van der Waals surface area contributed by atoms with Crippen LogP contribution in [0.25, 0.3) is 0 Å². The van der Waals surface area contributed by atoms with Crippen molar-refractivity contribution in [2.24, 2.45) is 5.92 Å². The van der Waals surface area contributed by atoms with Gasteiger partial charge in [-0.25, -0.2) is 9.97 Å². The number of anilines is 1. The largest absolute Gasteiger partial charge is 0.367 e. The van der Waals surface area contributed by atoms with Gasteiger partial charge in [0.1, 0.15) is 11.6 Å². The third kappa shape index (κ3) is 3.14. The van der Waals surface area contributed by atoms with Crippen molar-refractivity contribution in [3.05, 3.63) is 18.1 Å². The van der Waals surface area contributed by atoms with Gasteiger partial charge in [-0.05, 0) is 25.8 Å². The average Bonchev–Trinajstić information content (AvgIpc) is 2.16. The van der Waals surface area contributed by atoms with Crippen LogP contribution >= 0.6 is 11.6 Å².